The molecule has 0 aromatic carbocycles. The molecule has 2 fully saturated rings. The maximum Gasteiger partial charge on any atom is 0.410 e. The lowest BCUT2D eigenvalue weighted by Crippen LogP contribution is -2.44. The minimum absolute atomic E-state index is 0.157. The van der Waals surface area contributed by atoms with Gasteiger partial charge in [-0.15, -0.1) is 0 Å². The Morgan fingerprint density at radius 3 is 2.83 bits per heavy atom. The molecule has 2 aliphatic heterocycles. The van der Waals surface area contributed by atoms with E-state index in [1.54, 1.807) is 0 Å². The van der Waals surface area contributed by atoms with Gasteiger partial charge in [0.1, 0.15) is 5.60 Å². The summed E-state index contributed by atoms with van der Waals surface area (Å²) in [5, 5.41) is 3.70. The van der Waals surface area contributed by atoms with E-state index in [9.17, 15) is 4.79 Å². The summed E-state index contributed by atoms with van der Waals surface area (Å²) in [6, 6.07) is 0.592. The second-order valence-corrected chi connectivity index (χ2v) is 8.30. The molecule has 3 unspecified atom stereocenters. The summed E-state index contributed by atoms with van der Waals surface area (Å²) in [7, 11) is 0. The predicted octanol–water partition coefficient (Wildman–Crippen LogP) is 3.57. The lowest BCUT2D eigenvalue weighted by Gasteiger charge is -2.35. The maximum absolute atomic E-state index is 12.2. The van der Waals surface area contributed by atoms with Crippen LogP contribution >= 0.6 is 0 Å². The van der Waals surface area contributed by atoms with E-state index in [0.29, 0.717) is 18.1 Å². The molecule has 140 valence electrons. The number of likely N-dealkylation sites (tertiary alicyclic amines) is 1. The maximum atomic E-state index is 12.2. The van der Waals surface area contributed by atoms with E-state index in [2.05, 4.69) is 12.2 Å². The van der Waals surface area contributed by atoms with Crippen LogP contribution in [-0.2, 0) is 9.47 Å². The van der Waals surface area contributed by atoms with Gasteiger partial charge in [0.25, 0.3) is 0 Å². The van der Waals surface area contributed by atoms with Crippen molar-refractivity contribution in [3.63, 3.8) is 0 Å². The summed E-state index contributed by atoms with van der Waals surface area (Å²) in [6.45, 7) is 11.5. The molecule has 0 saturated carbocycles. The summed E-state index contributed by atoms with van der Waals surface area (Å²) < 4.78 is 11.2. The minimum atomic E-state index is -0.412. The van der Waals surface area contributed by atoms with Crippen LogP contribution in [0.3, 0.4) is 0 Å². The zero-order chi connectivity index (χ0) is 17.6. The Balaban J connectivity index is 1.68. The van der Waals surface area contributed by atoms with Gasteiger partial charge in [0, 0.05) is 25.7 Å². The van der Waals surface area contributed by atoms with Crippen LogP contribution in [0.2, 0.25) is 0 Å². The zero-order valence-corrected chi connectivity index (χ0v) is 16.0. The predicted molar refractivity (Wildman–Crippen MR) is 96.2 cm³/mol. The Labute approximate surface area is 147 Å². The number of nitrogens with one attached hydrogen (secondary N) is 1. The van der Waals surface area contributed by atoms with Crippen LogP contribution in [0.4, 0.5) is 4.79 Å². The number of rotatable bonds is 5. The molecular weight excluding hydrogens is 304 g/mol. The van der Waals surface area contributed by atoms with Crippen molar-refractivity contribution in [2.24, 2.45) is 5.92 Å². The summed E-state index contributed by atoms with van der Waals surface area (Å²) in [5.74, 6) is 0.584. The highest BCUT2D eigenvalue weighted by Crippen LogP contribution is 2.22. The van der Waals surface area contributed by atoms with E-state index in [1.165, 1.54) is 6.42 Å². The summed E-state index contributed by atoms with van der Waals surface area (Å²) >= 11 is 0. The van der Waals surface area contributed by atoms with Crippen molar-refractivity contribution in [2.75, 3.05) is 26.2 Å². The third-order valence-corrected chi connectivity index (χ3v) is 4.98. The molecule has 5 nitrogen and oxygen atoms in total. The van der Waals surface area contributed by atoms with Crippen molar-refractivity contribution >= 4 is 6.09 Å². The smallest absolute Gasteiger partial charge is 0.410 e. The monoisotopic (exact) mass is 340 g/mol. The zero-order valence-electron chi connectivity index (χ0n) is 16.0. The number of piperidine rings is 1. The molecule has 5 heteroatoms. The van der Waals surface area contributed by atoms with Crippen LogP contribution < -0.4 is 5.32 Å². The topological polar surface area (TPSA) is 50.8 Å². The molecule has 1 amide bonds. The SMILES string of the molecule is CCC1CC(NCCC2CCCN(C(=O)OC(C)(C)C)C2)CCO1. The molecule has 0 spiro atoms. The molecule has 0 aromatic rings. The fraction of sp³-hybridized carbons (Fsp3) is 0.947. The Bertz CT molecular complexity index is 395. The molecule has 3 atom stereocenters. The first-order chi connectivity index (χ1) is 11.4. The average molecular weight is 341 g/mol. The Hall–Kier alpha value is -0.810. The van der Waals surface area contributed by atoms with Gasteiger partial charge in [-0.05, 0) is 71.8 Å². The molecule has 2 saturated heterocycles. The van der Waals surface area contributed by atoms with Gasteiger partial charge < -0.3 is 19.7 Å². The van der Waals surface area contributed by atoms with Crippen LogP contribution in [0, 0.1) is 5.92 Å². The van der Waals surface area contributed by atoms with Crippen molar-refractivity contribution in [1.82, 2.24) is 10.2 Å². The Kier molecular flexibility index (Phi) is 7.35. The Morgan fingerprint density at radius 2 is 2.12 bits per heavy atom. The van der Waals surface area contributed by atoms with Crippen molar-refractivity contribution in [1.29, 1.82) is 0 Å². The van der Waals surface area contributed by atoms with Gasteiger partial charge in [-0.2, -0.15) is 0 Å². The number of hydrogen-bond donors (Lipinski definition) is 1. The van der Waals surface area contributed by atoms with Gasteiger partial charge in [0.15, 0.2) is 0 Å². The minimum Gasteiger partial charge on any atom is -0.444 e. The molecule has 0 bridgehead atoms. The number of hydrogen-bond acceptors (Lipinski definition) is 4. The number of carbonyl (C=O) groups excluding carboxylic acids is 1. The molecular formula is C19H36N2O3. The van der Waals surface area contributed by atoms with Gasteiger partial charge in [-0.25, -0.2) is 4.79 Å². The first-order valence-electron chi connectivity index (χ1n) is 9.70. The normalized spacial score (nSPS) is 28.7. The first kappa shape index (κ1) is 19.5. The fourth-order valence-corrected chi connectivity index (χ4v) is 3.63. The van der Waals surface area contributed by atoms with Gasteiger partial charge in [0.05, 0.1) is 6.10 Å². The van der Waals surface area contributed by atoms with E-state index in [1.807, 2.05) is 25.7 Å². The van der Waals surface area contributed by atoms with Crippen LogP contribution in [-0.4, -0.2) is 55.0 Å². The highest BCUT2D eigenvalue weighted by molar-refractivity contribution is 5.68. The largest absolute Gasteiger partial charge is 0.444 e. The molecule has 24 heavy (non-hydrogen) atoms. The molecule has 0 radical (unpaired) electrons. The van der Waals surface area contributed by atoms with Gasteiger partial charge in [-0.1, -0.05) is 6.92 Å². The van der Waals surface area contributed by atoms with Gasteiger partial charge in [0.2, 0.25) is 0 Å². The first-order valence-corrected chi connectivity index (χ1v) is 9.70. The van der Waals surface area contributed by atoms with Gasteiger partial charge >= 0.3 is 6.09 Å². The van der Waals surface area contributed by atoms with Crippen molar-refractivity contribution in [3.05, 3.63) is 0 Å². The molecule has 0 aromatic heterocycles. The van der Waals surface area contributed by atoms with Crippen molar-refractivity contribution in [2.45, 2.75) is 84.0 Å². The van der Waals surface area contributed by atoms with E-state index < -0.39 is 5.60 Å². The standard InChI is InChI=1S/C19H36N2O3/c1-5-17-13-16(9-12-23-17)20-10-8-15-7-6-11-21(14-15)18(22)24-19(2,3)4/h15-17,20H,5-14H2,1-4H3. The summed E-state index contributed by atoms with van der Waals surface area (Å²) in [6.07, 6.45) is 7.05. The highest BCUT2D eigenvalue weighted by atomic mass is 16.6. The van der Waals surface area contributed by atoms with Crippen LogP contribution in [0.1, 0.15) is 66.2 Å². The third kappa shape index (κ3) is 6.60. The summed E-state index contributed by atoms with van der Waals surface area (Å²) in [4.78, 5) is 14.1. The number of nitrogens with zero attached hydrogens (tertiary/aromatic N) is 1. The van der Waals surface area contributed by atoms with Crippen LogP contribution in [0.25, 0.3) is 0 Å². The second kappa shape index (κ2) is 9.04. The van der Waals surface area contributed by atoms with E-state index in [4.69, 9.17) is 9.47 Å². The number of amides is 1. The fourth-order valence-electron chi connectivity index (χ4n) is 3.63. The number of ether oxygens (including phenoxy) is 2. The summed E-state index contributed by atoms with van der Waals surface area (Å²) in [5.41, 5.74) is -0.412. The molecule has 2 aliphatic rings. The highest BCUT2D eigenvalue weighted by Gasteiger charge is 2.28. The third-order valence-electron chi connectivity index (χ3n) is 4.98. The molecule has 1 N–H and O–H groups in total. The van der Waals surface area contributed by atoms with E-state index in [-0.39, 0.29) is 6.09 Å². The lowest BCUT2D eigenvalue weighted by molar-refractivity contribution is -0.000704. The van der Waals surface area contributed by atoms with E-state index >= 15 is 0 Å². The average Bonchev–Trinajstić information content (AvgIpc) is 2.54. The quantitative estimate of drug-likeness (QED) is 0.831. The van der Waals surface area contributed by atoms with Crippen molar-refractivity contribution in [3.8, 4) is 0 Å². The van der Waals surface area contributed by atoms with Gasteiger partial charge in [-0.3, -0.25) is 0 Å². The number of carbonyl (C=O) groups is 1. The molecule has 2 heterocycles. The second-order valence-electron chi connectivity index (χ2n) is 8.30. The lowest BCUT2D eigenvalue weighted by atomic mass is 9.94. The van der Waals surface area contributed by atoms with E-state index in [0.717, 1.165) is 58.3 Å². The Morgan fingerprint density at radius 1 is 1.33 bits per heavy atom. The van der Waals surface area contributed by atoms with Crippen molar-refractivity contribution < 1.29 is 14.3 Å². The molecule has 0 aliphatic carbocycles. The van der Waals surface area contributed by atoms with Crippen LogP contribution in [0.15, 0.2) is 0 Å². The molecule has 2 rings (SSSR count). The van der Waals surface area contributed by atoms with Crippen LogP contribution in [0.5, 0.6) is 0 Å².